The van der Waals surface area contributed by atoms with E-state index >= 15 is 0 Å². The van der Waals surface area contributed by atoms with Crippen molar-refractivity contribution in [3.8, 4) is 0 Å². The van der Waals surface area contributed by atoms with Crippen LogP contribution in [-0.4, -0.2) is 21.5 Å². The van der Waals surface area contributed by atoms with Crippen LogP contribution in [0.25, 0.3) is 0 Å². The standard InChI is InChI=1S/C24H27Cl2N3O/c1-17(2)18(3)29(24(30)27-22-10-5-9-21(26)14-22)16-23-11-6-12-28(23)15-19-7-4-8-20(25)13-19/h4-14,17-18H,15-16H2,1-3H3,(H,27,30). The summed E-state index contributed by atoms with van der Waals surface area (Å²) in [5.41, 5.74) is 2.86. The molecule has 30 heavy (non-hydrogen) atoms. The SMILES string of the molecule is CC(C)C(C)N(Cc1cccn1Cc1cccc(Cl)c1)C(=O)Nc1cccc(Cl)c1. The van der Waals surface area contributed by atoms with Crippen molar-refractivity contribution in [1.82, 2.24) is 9.47 Å². The molecule has 4 nitrogen and oxygen atoms in total. The molecule has 0 aliphatic carbocycles. The van der Waals surface area contributed by atoms with Gasteiger partial charge in [0.2, 0.25) is 0 Å². The summed E-state index contributed by atoms with van der Waals surface area (Å²) in [5.74, 6) is 0.312. The molecular formula is C24H27Cl2N3O. The molecule has 3 aromatic rings. The Morgan fingerprint density at radius 3 is 2.37 bits per heavy atom. The number of anilines is 1. The third kappa shape index (κ3) is 5.80. The van der Waals surface area contributed by atoms with Gasteiger partial charge in [-0.05, 0) is 60.9 Å². The third-order valence-electron chi connectivity index (χ3n) is 5.29. The van der Waals surface area contributed by atoms with Gasteiger partial charge in [0.05, 0.1) is 6.54 Å². The van der Waals surface area contributed by atoms with Crippen molar-refractivity contribution < 1.29 is 4.79 Å². The van der Waals surface area contributed by atoms with Crippen molar-refractivity contribution in [2.45, 2.75) is 39.9 Å². The molecule has 3 rings (SSSR count). The summed E-state index contributed by atoms with van der Waals surface area (Å²) in [7, 11) is 0. The van der Waals surface area contributed by atoms with Crippen molar-refractivity contribution in [3.63, 3.8) is 0 Å². The van der Waals surface area contributed by atoms with Crippen LogP contribution in [0.3, 0.4) is 0 Å². The van der Waals surface area contributed by atoms with E-state index in [1.807, 2.05) is 47.5 Å². The van der Waals surface area contributed by atoms with E-state index in [2.05, 4.69) is 42.8 Å². The lowest BCUT2D eigenvalue weighted by atomic mass is 10.0. The van der Waals surface area contributed by atoms with Crippen molar-refractivity contribution in [2.24, 2.45) is 5.92 Å². The molecule has 2 aromatic carbocycles. The minimum atomic E-state index is -0.144. The van der Waals surface area contributed by atoms with Gasteiger partial charge >= 0.3 is 6.03 Å². The zero-order chi connectivity index (χ0) is 21.7. The fourth-order valence-electron chi connectivity index (χ4n) is 3.28. The number of hydrogen-bond donors (Lipinski definition) is 1. The van der Waals surface area contributed by atoms with Gasteiger partial charge in [0, 0.05) is 40.2 Å². The van der Waals surface area contributed by atoms with Gasteiger partial charge in [-0.1, -0.05) is 55.2 Å². The fourth-order valence-corrected chi connectivity index (χ4v) is 3.68. The van der Waals surface area contributed by atoms with Gasteiger partial charge in [-0.2, -0.15) is 0 Å². The molecule has 1 unspecified atom stereocenters. The topological polar surface area (TPSA) is 37.3 Å². The molecule has 1 N–H and O–H groups in total. The van der Waals surface area contributed by atoms with Gasteiger partial charge in [-0.15, -0.1) is 0 Å². The van der Waals surface area contributed by atoms with E-state index in [1.165, 1.54) is 0 Å². The molecule has 6 heteroatoms. The maximum atomic E-state index is 13.2. The van der Waals surface area contributed by atoms with E-state index in [-0.39, 0.29) is 12.1 Å². The summed E-state index contributed by atoms with van der Waals surface area (Å²) < 4.78 is 2.15. The van der Waals surface area contributed by atoms with E-state index in [0.717, 1.165) is 16.3 Å². The van der Waals surface area contributed by atoms with Gasteiger partial charge in [-0.25, -0.2) is 4.79 Å². The van der Waals surface area contributed by atoms with Gasteiger partial charge in [0.25, 0.3) is 0 Å². The van der Waals surface area contributed by atoms with E-state index in [0.29, 0.717) is 29.7 Å². The molecule has 0 aliphatic rings. The van der Waals surface area contributed by atoms with Crippen LogP contribution in [0, 0.1) is 5.92 Å². The number of benzene rings is 2. The molecule has 0 saturated carbocycles. The summed E-state index contributed by atoms with van der Waals surface area (Å²) in [4.78, 5) is 15.0. The van der Waals surface area contributed by atoms with Crippen molar-refractivity contribution in [1.29, 1.82) is 0 Å². The van der Waals surface area contributed by atoms with Gasteiger partial charge in [0.1, 0.15) is 0 Å². The first-order valence-electron chi connectivity index (χ1n) is 10.0. The molecule has 158 valence electrons. The Kier molecular flexibility index (Phi) is 7.46. The first-order valence-corrected chi connectivity index (χ1v) is 10.8. The number of nitrogens with one attached hydrogen (secondary N) is 1. The summed E-state index contributed by atoms with van der Waals surface area (Å²) >= 11 is 12.2. The summed E-state index contributed by atoms with van der Waals surface area (Å²) in [6, 6.07) is 19.0. The highest BCUT2D eigenvalue weighted by Gasteiger charge is 2.24. The zero-order valence-electron chi connectivity index (χ0n) is 17.5. The molecular weight excluding hydrogens is 417 g/mol. The monoisotopic (exact) mass is 443 g/mol. The minimum Gasteiger partial charge on any atom is -0.345 e. The fraction of sp³-hybridized carbons (Fsp3) is 0.292. The lowest BCUT2D eigenvalue weighted by molar-refractivity contribution is 0.168. The highest BCUT2D eigenvalue weighted by Crippen LogP contribution is 2.20. The van der Waals surface area contributed by atoms with Crippen molar-refractivity contribution >= 4 is 34.9 Å². The van der Waals surface area contributed by atoms with Gasteiger partial charge in [-0.3, -0.25) is 0 Å². The molecule has 0 radical (unpaired) electrons. The molecule has 0 saturated heterocycles. The summed E-state index contributed by atoms with van der Waals surface area (Å²) in [6.07, 6.45) is 2.03. The Bertz CT molecular complexity index is 999. The van der Waals surface area contributed by atoms with Crippen LogP contribution in [-0.2, 0) is 13.1 Å². The lowest BCUT2D eigenvalue weighted by Gasteiger charge is -2.32. The lowest BCUT2D eigenvalue weighted by Crippen LogP contribution is -2.43. The van der Waals surface area contributed by atoms with E-state index in [4.69, 9.17) is 23.2 Å². The Morgan fingerprint density at radius 2 is 1.70 bits per heavy atom. The number of aromatic nitrogens is 1. The molecule has 0 bridgehead atoms. The maximum absolute atomic E-state index is 13.2. The van der Waals surface area contributed by atoms with Crippen LogP contribution in [0.4, 0.5) is 10.5 Å². The quantitative estimate of drug-likeness (QED) is 0.422. The van der Waals surface area contributed by atoms with Crippen LogP contribution in [0.1, 0.15) is 32.0 Å². The molecule has 2 amide bonds. The van der Waals surface area contributed by atoms with Gasteiger partial charge < -0.3 is 14.8 Å². The second-order valence-corrected chi connectivity index (χ2v) is 8.68. The molecule has 1 aromatic heterocycles. The molecule has 1 atom stereocenters. The predicted octanol–water partition coefficient (Wildman–Crippen LogP) is 6.92. The molecule has 0 spiro atoms. The van der Waals surface area contributed by atoms with E-state index < -0.39 is 0 Å². The number of nitrogens with zero attached hydrogens (tertiary/aromatic N) is 2. The maximum Gasteiger partial charge on any atom is 0.322 e. The van der Waals surface area contributed by atoms with Crippen molar-refractivity contribution in [2.75, 3.05) is 5.32 Å². The van der Waals surface area contributed by atoms with E-state index in [9.17, 15) is 4.79 Å². The number of amides is 2. The van der Waals surface area contributed by atoms with Crippen LogP contribution < -0.4 is 5.32 Å². The normalized spacial score (nSPS) is 12.1. The van der Waals surface area contributed by atoms with Crippen LogP contribution in [0.5, 0.6) is 0 Å². The van der Waals surface area contributed by atoms with Crippen LogP contribution >= 0.6 is 23.2 Å². The average molecular weight is 444 g/mol. The number of halogens is 2. The molecule has 0 aliphatic heterocycles. The zero-order valence-corrected chi connectivity index (χ0v) is 19.0. The highest BCUT2D eigenvalue weighted by atomic mass is 35.5. The average Bonchev–Trinajstić information content (AvgIpc) is 3.12. The minimum absolute atomic E-state index is 0.0544. The Labute approximate surface area is 188 Å². The summed E-state index contributed by atoms with van der Waals surface area (Å²) in [5, 5.41) is 4.29. The first-order chi connectivity index (χ1) is 14.3. The molecule has 1 heterocycles. The number of carbonyl (C=O) groups excluding carboxylic acids is 1. The largest absolute Gasteiger partial charge is 0.345 e. The predicted molar refractivity (Wildman–Crippen MR) is 125 cm³/mol. The smallest absolute Gasteiger partial charge is 0.322 e. The number of hydrogen-bond acceptors (Lipinski definition) is 1. The highest BCUT2D eigenvalue weighted by molar-refractivity contribution is 6.31. The number of rotatable bonds is 7. The Hall–Kier alpha value is -2.43. The number of urea groups is 1. The second kappa shape index (κ2) is 10.1. The Morgan fingerprint density at radius 1 is 1.00 bits per heavy atom. The molecule has 0 fully saturated rings. The van der Waals surface area contributed by atoms with Crippen molar-refractivity contribution in [3.05, 3.63) is 88.2 Å². The van der Waals surface area contributed by atoms with Gasteiger partial charge in [0.15, 0.2) is 0 Å². The first kappa shape index (κ1) is 22.3. The van der Waals surface area contributed by atoms with Crippen LogP contribution in [0.15, 0.2) is 66.9 Å². The summed E-state index contributed by atoms with van der Waals surface area (Å²) in [6.45, 7) is 7.51. The Balaban J connectivity index is 1.80. The second-order valence-electron chi connectivity index (χ2n) is 7.81. The third-order valence-corrected chi connectivity index (χ3v) is 5.76. The van der Waals surface area contributed by atoms with Crippen LogP contribution in [0.2, 0.25) is 10.0 Å². The number of carbonyl (C=O) groups is 1. The van der Waals surface area contributed by atoms with E-state index in [1.54, 1.807) is 12.1 Å².